The molecular weight excluding hydrogens is 735 g/mol. The van der Waals surface area contributed by atoms with Crippen molar-refractivity contribution in [1.82, 2.24) is 24.8 Å². The minimum absolute atomic E-state index is 0.0120. The lowest BCUT2D eigenvalue weighted by Gasteiger charge is -2.41. The van der Waals surface area contributed by atoms with Gasteiger partial charge in [0.2, 0.25) is 0 Å². The van der Waals surface area contributed by atoms with Crippen molar-refractivity contribution < 1.29 is 41.3 Å². The first-order valence-corrected chi connectivity index (χ1v) is 19.0. The van der Waals surface area contributed by atoms with E-state index in [0.29, 0.717) is 65.7 Å². The summed E-state index contributed by atoms with van der Waals surface area (Å²) in [5.74, 6) is 1.70. The number of methoxy groups -OCH3 is 1. The Labute approximate surface area is 324 Å². The molecule has 4 aliphatic heterocycles. The number of nitrogens with zero attached hydrogens (tertiary/aromatic N) is 6. The van der Waals surface area contributed by atoms with E-state index in [0.717, 1.165) is 6.04 Å². The van der Waals surface area contributed by atoms with E-state index in [1.54, 1.807) is 29.2 Å². The summed E-state index contributed by atoms with van der Waals surface area (Å²) >= 11 is 0. The molecule has 6 heterocycles. The fourth-order valence-corrected chi connectivity index (χ4v) is 7.78. The average Bonchev–Trinajstić information content (AvgIpc) is 3.76. The third-order valence-electron chi connectivity index (χ3n) is 10.00. The van der Waals surface area contributed by atoms with Crippen LogP contribution in [0.25, 0.3) is 32.9 Å². The Hall–Kier alpha value is -4.81. The van der Waals surface area contributed by atoms with Crippen molar-refractivity contribution in [1.29, 1.82) is 0 Å². The molecule has 10 nitrogen and oxygen atoms in total. The minimum atomic E-state index is -5.00. The zero-order valence-corrected chi connectivity index (χ0v) is 32.6. The Morgan fingerprint density at radius 3 is 2.21 bits per heavy atom. The molecule has 0 radical (unpaired) electrons. The summed E-state index contributed by atoms with van der Waals surface area (Å²) in [5.41, 5.74) is 0.526. The van der Waals surface area contributed by atoms with E-state index < -0.39 is 23.6 Å². The molecule has 4 aliphatic rings. The van der Waals surface area contributed by atoms with Crippen LogP contribution in [-0.4, -0.2) is 99.8 Å². The number of ether oxygens (including phenoxy) is 2. The third kappa shape index (κ3) is 9.58. The molecule has 4 aromatic rings. The van der Waals surface area contributed by atoms with Gasteiger partial charge in [-0.1, -0.05) is 44.0 Å². The van der Waals surface area contributed by atoms with Gasteiger partial charge in [-0.15, -0.1) is 19.6 Å². The number of halogens is 5. The number of hydrogen-bond acceptors (Lipinski definition) is 9. The lowest BCUT2D eigenvalue weighted by Crippen LogP contribution is -2.55. The first-order valence-electron chi connectivity index (χ1n) is 19.0. The topological polar surface area (TPSA) is 104 Å². The number of aryl methyl sites for hydroxylation is 1. The highest BCUT2D eigenvalue weighted by molar-refractivity contribution is 6.02. The van der Waals surface area contributed by atoms with Crippen LogP contribution in [0.15, 0.2) is 30.3 Å². The summed E-state index contributed by atoms with van der Waals surface area (Å²) in [4.78, 5) is 33.1. The van der Waals surface area contributed by atoms with E-state index in [1.165, 1.54) is 51.9 Å². The number of aromatic nitrogens is 3. The zero-order chi connectivity index (χ0) is 40.9. The number of piperazine rings is 1. The van der Waals surface area contributed by atoms with Crippen LogP contribution >= 0.6 is 0 Å². The Bertz CT molecular complexity index is 2060. The highest BCUT2D eigenvalue weighted by Crippen LogP contribution is 2.41. The molecule has 1 amide bonds. The molecule has 8 rings (SSSR count). The van der Waals surface area contributed by atoms with Crippen LogP contribution in [0, 0.1) is 24.0 Å². The third-order valence-corrected chi connectivity index (χ3v) is 10.00. The van der Waals surface area contributed by atoms with Gasteiger partial charge < -0.3 is 29.3 Å². The van der Waals surface area contributed by atoms with Crippen molar-refractivity contribution >= 4 is 33.6 Å². The number of pyridine rings is 1. The number of carbonyl (C=O) groups is 1. The molecule has 0 bridgehead atoms. The van der Waals surface area contributed by atoms with Crippen molar-refractivity contribution in [3.05, 3.63) is 53.2 Å². The predicted molar refractivity (Wildman–Crippen MR) is 205 cm³/mol. The molecule has 2 aromatic heterocycles. The second kappa shape index (κ2) is 17.5. The van der Waals surface area contributed by atoms with Crippen LogP contribution in [0.4, 0.5) is 32.6 Å². The average molecular weight is 785 g/mol. The molecule has 1 N–H and O–H groups in total. The quantitative estimate of drug-likeness (QED) is 0.159. The highest BCUT2D eigenvalue weighted by atomic mass is 19.4. The van der Waals surface area contributed by atoms with Gasteiger partial charge in [0.25, 0.3) is 0 Å². The van der Waals surface area contributed by atoms with E-state index >= 15 is 4.39 Å². The normalized spacial score (nSPS) is 17.9. The molecule has 3 saturated heterocycles. The smallest absolute Gasteiger partial charge is 0.467 e. The van der Waals surface area contributed by atoms with Crippen LogP contribution in [0.5, 0.6) is 6.01 Å². The van der Waals surface area contributed by atoms with Crippen LogP contribution in [0.3, 0.4) is 0 Å². The Morgan fingerprint density at radius 2 is 1.61 bits per heavy atom. The van der Waals surface area contributed by atoms with Crippen molar-refractivity contribution in [2.45, 2.75) is 97.2 Å². The molecule has 1 unspecified atom stereocenters. The Morgan fingerprint density at radius 1 is 0.929 bits per heavy atom. The number of fused-ring (bicyclic) bond motifs is 4. The molecular formula is C41H49F5N6O4. The number of terminal acetylenes is 1. The fourth-order valence-electron chi connectivity index (χ4n) is 7.78. The molecule has 1 atom stereocenters. The van der Waals surface area contributed by atoms with Gasteiger partial charge in [0.05, 0.1) is 23.8 Å². The monoisotopic (exact) mass is 784 g/mol. The summed E-state index contributed by atoms with van der Waals surface area (Å²) < 4.78 is 72.0. The number of hydrogen-bond donors (Lipinski definition) is 1. The van der Waals surface area contributed by atoms with Gasteiger partial charge in [0.15, 0.2) is 5.82 Å². The van der Waals surface area contributed by atoms with Crippen molar-refractivity contribution in [2.75, 3.05) is 44.7 Å². The van der Waals surface area contributed by atoms with Crippen molar-refractivity contribution in [2.24, 2.45) is 0 Å². The number of amides is 1. The molecule has 0 aliphatic carbocycles. The maximum absolute atomic E-state index is 16.5. The first-order chi connectivity index (χ1) is 26.6. The van der Waals surface area contributed by atoms with E-state index in [1.807, 2.05) is 34.6 Å². The van der Waals surface area contributed by atoms with Gasteiger partial charge in [-0.25, -0.2) is 18.6 Å². The molecule has 0 saturated carbocycles. The largest absolute Gasteiger partial charge is 0.519 e. The minimum Gasteiger partial charge on any atom is -0.467 e. The number of anilines is 1. The summed E-state index contributed by atoms with van der Waals surface area (Å²) in [6.07, 6.45) is 7.32. The molecule has 56 heavy (non-hydrogen) atoms. The van der Waals surface area contributed by atoms with Crippen LogP contribution < -0.4 is 9.64 Å². The molecule has 302 valence electrons. The van der Waals surface area contributed by atoms with Gasteiger partial charge in [-0.2, -0.15) is 9.97 Å². The predicted octanol–water partition coefficient (Wildman–Crippen LogP) is 8.25. The van der Waals surface area contributed by atoms with Crippen LogP contribution in [-0.2, 0) is 11.2 Å². The Balaban J connectivity index is 0.000000335. The van der Waals surface area contributed by atoms with E-state index in [4.69, 9.17) is 26.0 Å². The van der Waals surface area contributed by atoms with Gasteiger partial charge in [-0.05, 0) is 83.8 Å². The van der Waals surface area contributed by atoms with Gasteiger partial charge in [0, 0.05) is 42.7 Å². The lowest BCUT2D eigenvalue weighted by atomic mass is 9.95. The molecule has 0 spiro atoms. The number of benzene rings is 2. The van der Waals surface area contributed by atoms with Gasteiger partial charge in [-0.3, -0.25) is 0 Å². The maximum atomic E-state index is 16.5. The lowest BCUT2D eigenvalue weighted by molar-refractivity contribution is -0.295. The van der Waals surface area contributed by atoms with Crippen molar-refractivity contribution in [3.63, 3.8) is 0 Å². The molecule has 2 aromatic carbocycles. The van der Waals surface area contributed by atoms with E-state index in [2.05, 4.69) is 25.7 Å². The molecule has 15 heteroatoms. The number of carbonyl (C=O) groups excluding carboxylic acids is 1. The van der Waals surface area contributed by atoms with Crippen molar-refractivity contribution in [3.8, 4) is 29.6 Å². The second-order valence-electron chi connectivity index (χ2n) is 14.7. The van der Waals surface area contributed by atoms with Gasteiger partial charge >= 0.3 is 18.5 Å². The standard InChI is InChI=1S/C31H29F2N5O3.C7H13N.C2H6.CHF3O/c1-6-19-21(32)12-10-17-8-7-9-20(23(17)19)26-25(33)27-24-22(34-26)13-11-18-16-37(30(39)41-31(2,3)4)14-15-38(18)28(24)36-29(35-27)40-5;1-3-7-4-2-6-8(7)5-1;1-2;2-1(3,4)5/h1,7-10,12,18H,11,13-16H2,2-5H3;7H,1-6H2;1-2H3;5H. The Kier molecular flexibility index (Phi) is 13.3. The zero-order valence-electron chi connectivity index (χ0n) is 32.6. The summed E-state index contributed by atoms with van der Waals surface area (Å²) in [6, 6.07) is 9.07. The summed E-state index contributed by atoms with van der Waals surface area (Å²) in [6.45, 7) is 13.6. The second-order valence-corrected chi connectivity index (χ2v) is 14.7. The molecule has 3 fully saturated rings. The summed E-state index contributed by atoms with van der Waals surface area (Å²) in [5, 5.41) is 8.11. The van der Waals surface area contributed by atoms with E-state index in [9.17, 15) is 22.4 Å². The first kappa shape index (κ1) is 42.3. The number of alkyl halides is 3. The summed E-state index contributed by atoms with van der Waals surface area (Å²) in [7, 11) is 1.43. The number of rotatable bonds is 2. The van der Waals surface area contributed by atoms with Crippen LogP contribution in [0.2, 0.25) is 0 Å². The maximum Gasteiger partial charge on any atom is 0.519 e. The number of aliphatic hydroxyl groups is 1. The fraction of sp³-hybridized carbons (Fsp3) is 0.512. The van der Waals surface area contributed by atoms with E-state index in [-0.39, 0.29) is 34.9 Å². The highest BCUT2D eigenvalue weighted by Gasteiger charge is 2.37. The van der Waals surface area contributed by atoms with Crippen LogP contribution in [0.1, 0.15) is 78.0 Å². The SMILES string of the molecule is C#Cc1c(F)ccc2cccc(-c3nc4c5c(nc(OC)nc5c3F)N3CCN(C(=O)OC(C)(C)C)CC3CC4)c12.C1CC2CCCN2C1.CC.OC(F)(F)F. The van der Waals surface area contributed by atoms with Gasteiger partial charge in [0.1, 0.15) is 28.4 Å².